The number of hydrogen-bond donors (Lipinski definition) is 1. The van der Waals surface area contributed by atoms with E-state index in [1.807, 2.05) is 42.5 Å². The molecule has 0 radical (unpaired) electrons. The predicted octanol–water partition coefficient (Wildman–Crippen LogP) is 4.87. The lowest BCUT2D eigenvalue weighted by Crippen LogP contribution is -2.46. The number of hydrogen-bond acceptors (Lipinski definition) is 6. The molecule has 1 N–H and O–H groups in total. The van der Waals surface area contributed by atoms with Crippen molar-refractivity contribution < 1.29 is 28.6 Å². The van der Waals surface area contributed by atoms with Crippen LogP contribution in [0.3, 0.4) is 0 Å². The smallest absolute Gasteiger partial charge is 0.437 e. The van der Waals surface area contributed by atoms with Crippen LogP contribution in [0, 0.1) is 0 Å². The van der Waals surface area contributed by atoms with E-state index >= 15 is 0 Å². The first-order chi connectivity index (χ1) is 17.0. The Morgan fingerprint density at radius 2 is 1.11 bits per heavy atom. The van der Waals surface area contributed by atoms with Crippen molar-refractivity contribution in [3.8, 4) is 0 Å². The third kappa shape index (κ3) is 8.65. The van der Waals surface area contributed by atoms with Crippen LogP contribution in [0.5, 0.6) is 0 Å². The van der Waals surface area contributed by atoms with Gasteiger partial charge in [-0.05, 0) is 16.7 Å². The molecule has 3 aromatic rings. The van der Waals surface area contributed by atoms with Crippen LogP contribution in [0.4, 0.5) is 14.4 Å². The summed E-state index contributed by atoms with van der Waals surface area (Å²) in [6.07, 6.45) is -2.76. The number of nitrogens with one attached hydrogen (secondary N) is 1. The molecule has 9 nitrogen and oxygen atoms in total. The standard InChI is InChI=1S/C26H25N3O6/c1-29(26(32)35-19-22-15-9-4-10-16-22)23(27-24(30)33-17-20-11-5-2-6-12-20)28-25(31)34-18-21-13-7-3-8-14-21/h2-16H,17-19H2,1H3,(H,27,28,30,31). The van der Waals surface area contributed by atoms with Gasteiger partial charge < -0.3 is 14.2 Å². The molecule has 0 aliphatic heterocycles. The molecule has 0 unspecified atom stereocenters. The second kappa shape index (κ2) is 13.1. The van der Waals surface area contributed by atoms with Crippen LogP contribution >= 0.6 is 0 Å². The molecule has 0 spiro atoms. The molecule has 3 aromatic carbocycles. The molecule has 0 aliphatic rings. The molecule has 0 saturated heterocycles. The van der Waals surface area contributed by atoms with E-state index in [2.05, 4.69) is 10.3 Å². The van der Waals surface area contributed by atoms with Gasteiger partial charge in [0.05, 0.1) is 0 Å². The molecule has 3 rings (SSSR count). The van der Waals surface area contributed by atoms with E-state index in [0.29, 0.717) is 0 Å². The molecule has 0 aromatic heterocycles. The first-order valence-electron chi connectivity index (χ1n) is 10.7. The van der Waals surface area contributed by atoms with Gasteiger partial charge in [-0.25, -0.2) is 19.3 Å². The summed E-state index contributed by atoms with van der Waals surface area (Å²) in [5.41, 5.74) is 2.28. The van der Waals surface area contributed by atoms with E-state index < -0.39 is 24.2 Å². The van der Waals surface area contributed by atoms with Crippen molar-refractivity contribution in [2.24, 2.45) is 4.99 Å². The summed E-state index contributed by atoms with van der Waals surface area (Å²) in [4.78, 5) is 41.8. The van der Waals surface area contributed by atoms with Crippen LogP contribution in [0.2, 0.25) is 0 Å². The molecule has 35 heavy (non-hydrogen) atoms. The van der Waals surface area contributed by atoms with Gasteiger partial charge in [0.25, 0.3) is 0 Å². The van der Waals surface area contributed by atoms with Gasteiger partial charge in [-0.3, -0.25) is 5.32 Å². The molecule has 3 amide bonds. The summed E-state index contributed by atoms with van der Waals surface area (Å²) in [6, 6.07) is 27.1. The summed E-state index contributed by atoms with van der Waals surface area (Å²) >= 11 is 0. The van der Waals surface area contributed by atoms with Crippen molar-refractivity contribution in [1.82, 2.24) is 10.2 Å². The van der Waals surface area contributed by atoms with Crippen LogP contribution in [0.15, 0.2) is 96.0 Å². The number of aliphatic imine (C=N–C) groups is 1. The normalized spacial score (nSPS) is 10.7. The number of nitrogens with zero attached hydrogens (tertiary/aromatic N) is 2. The van der Waals surface area contributed by atoms with Gasteiger partial charge in [-0.1, -0.05) is 91.0 Å². The van der Waals surface area contributed by atoms with E-state index in [0.717, 1.165) is 21.6 Å². The zero-order chi connectivity index (χ0) is 24.9. The average Bonchev–Trinajstić information content (AvgIpc) is 2.90. The van der Waals surface area contributed by atoms with Gasteiger partial charge >= 0.3 is 18.3 Å². The Morgan fingerprint density at radius 1 is 0.686 bits per heavy atom. The van der Waals surface area contributed by atoms with Gasteiger partial charge in [0.2, 0.25) is 5.96 Å². The zero-order valence-electron chi connectivity index (χ0n) is 19.1. The fourth-order valence-corrected chi connectivity index (χ4v) is 2.78. The summed E-state index contributed by atoms with van der Waals surface area (Å²) in [7, 11) is 1.30. The van der Waals surface area contributed by atoms with Crippen LogP contribution in [-0.4, -0.2) is 36.2 Å². The minimum absolute atomic E-state index is 0.00575. The first kappa shape index (κ1) is 25.0. The second-order valence-corrected chi connectivity index (χ2v) is 7.26. The number of ether oxygens (including phenoxy) is 3. The highest BCUT2D eigenvalue weighted by atomic mass is 16.6. The quantitative estimate of drug-likeness (QED) is 0.310. The Bertz CT molecular complexity index is 1140. The highest BCUT2D eigenvalue weighted by Gasteiger charge is 2.21. The number of rotatable bonds is 6. The Kier molecular flexibility index (Phi) is 9.38. The molecule has 0 saturated carbocycles. The van der Waals surface area contributed by atoms with Gasteiger partial charge in [-0.15, -0.1) is 4.99 Å². The van der Waals surface area contributed by atoms with Crippen LogP contribution in [0.25, 0.3) is 0 Å². The summed E-state index contributed by atoms with van der Waals surface area (Å²) in [5.74, 6) is -0.404. The lowest BCUT2D eigenvalue weighted by molar-refractivity contribution is 0.119. The van der Waals surface area contributed by atoms with Crippen molar-refractivity contribution in [3.05, 3.63) is 108 Å². The first-order valence-corrected chi connectivity index (χ1v) is 10.7. The van der Waals surface area contributed by atoms with Crippen molar-refractivity contribution in [1.29, 1.82) is 0 Å². The third-order valence-corrected chi connectivity index (χ3v) is 4.63. The molecular weight excluding hydrogens is 450 g/mol. The molecular formula is C26H25N3O6. The summed E-state index contributed by atoms with van der Waals surface area (Å²) in [5, 5.41) is 2.31. The maximum Gasteiger partial charge on any atom is 0.437 e. The average molecular weight is 476 g/mol. The van der Waals surface area contributed by atoms with E-state index in [1.54, 1.807) is 48.5 Å². The van der Waals surface area contributed by atoms with Crippen molar-refractivity contribution >= 4 is 24.2 Å². The monoisotopic (exact) mass is 475 g/mol. The molecule has 9 heteroatoms. The highest BCUT2D eigenvalue weighted by Crippen LogP contribution is 2.06. The molecule has 0 bridgehead atoms. The largest absolute Gasteiger partial charge is 0.444 e. The molecule has 0 atom stereocenters. The van der Waals surface area contributed by atoms with Crippen LogP contribution < -0.4 is 5.32 Å². The number of amides is 3. The highest BCUT2D eigenvalue weighted by molar-refractivity contribution is 6.04. The zero-order valence-corrected chi connectivity index (χ0v) is 19.1. The van der Waals surface area contributed by atoms with Gasteiger partial charge in [0, 0.05) is 7.05 Å². The third-order valence-electron chi connectivity index (χ3n) is 4.63. The minimum Gasteiger partial charge on any atom is -0.444 e. The van der Waals surface area contributed by atoms with Crippen LogP contribution in [0.1, 0.15) is 16.7 Å². The SMILES string of the molecule is CN(C(=O)OCc1ccccc1)C(=NC(=O)OCc1ccccc1)NC(=O)OCc1ccccc1. The number of carbonyl (C=O) groups excluding carboxylic acids is 3. The van der Waals surface area contributed by atoms with E-state index in [-0.39, 0.29) is 19.8 Å². The predicted molar refractivity (Wildman–Crippen MR) is 128 cm³/mol. The summed E-state index contributed by atoms with van der Waals surface area (Å²) < 4.78 is 15.6. The lowest BCUT2D eigenvalue weighted by Gasteiger charge is -2.19. The fraction of sp³-hybridized carbons (Fsp3) is 0.154. The molecule has 180 valence electrons. The lowest BCUT2D eigenvalue weighted by atomic mass is 10.2. The Labute approximate surface area is 202 Å². The summed E-state index contributed by atoms with van der Waals surface area (Å²) in [6.45, 7) is -0.0498. The number of guanidine groups is 1. The molecule has 0 fully saturated rings. The van der Waals surface area contributed by atoms with Gasteiger partial charge in [-0.2, -0.15) is 0 Å². The Morgan fingerprint density at radius 3 is 1.60 bits per heavy atom. The Hall–Kier alpha value is -4.66. The number of carbonyl (C=O) groups is 3. The van der Waals surface area contributed by atoms with E-state index in [4.69, 9.17) is 14.2 Å². The van der Waals surface area contributed by atoms with E-state index in [9.17, 15) is 14.4 Å². The maximum absolute atomic E-state index is 12.6. The number of alkyl carbamates (subject to hydrolysis) is 1. The molecule has 0 heterocycles. The van der Waals surface area contributed by atoms with Gasteiger partial charge in [0.15, 0.2) is 0 Å². The topological polar surface area (TPSA) is 107 Å². The van der Waals surface area contributed by atoms with Crippen LogP contribution in [-0.2, 0) is 34.0 Å². The number of benzene rings is 3. The second-order valence-electron chi connectivity index (χ2n) is 7.26. The van der Waals surface area contributed by atoms with Crippen molar-refractivity contribution in [3.63, 3.8) is 0 Å². The van der Waals surface area contributed by atoms with Crippen molar-refractivity contribution in [2.45, 2.75) is 19.8 Å². The van der Waals surface area contributed by atoms with Gasteiger partial charge in [0.1, 0.15) is 19.8 Å². The minimum atomic E-state index is -1.00. The maximum atomic E-state index is 12.6. The van der Waals surface area contributed by atoms with E-state index in [1.165, 1.54) is 7.05 Å². The van der Waals surface area contributed by atoms with Crippen molar-refractivity contribution in [2.75, 3.05) is 7.05 Å². The Balaban J connectivity index is 1.65. The molecule has 0 aliphatic carbocycles. The fourth-order valence-electron chi connectivity index (χ4n) is 2.78.